The van der Waals surface area contributed by atoms with Crippen molar-refractivity contribution in [3.63, 3.8) is 0 Å². The SMILES string of the molecule is COc1ccc(-c2coc3c(OC)c(OC)cc(OC4OC(CO)C(O)C(O)C4OC4OCC(O)C(O)C4O)c3c2=O)cc1. The maximum absolute atomic E-state index is 14.0. The number of methoxy groups -OCH3 is 3. The van der Waals surface area contributed by atoms with E-state index in [1.165, 1.54) is 33.7 Å². The van der Waals surface area contributed by atoms with Crippen LogP contribution in [0.15, 0.2) is 45.8 Å². The van der Waals surface area contributed by atoms with Crippen LogP contribution in [0.4, 0.5) is 0 Å². The van der Waals surface area contributed by atoms with Gasteiger partial charge in [-0.2, -0.15) is 0 Å². The molecule has 6 N–H and O–H groups in total. The highest BCUT2D eigenvalue weighted by Gasteiger charge is 2.50. The molecule has 9 atom stereocenters. The third kappa shape index (κ3) is 5.81. The van der Waals surface area contributed by atoms with Crippen molar-refractivity contribution in [1.29, 1.82) is 0 Å². The summed E-state index contributed by atoms with van der Waals surface area (Å²) in [6.07, 6.45) is -13.2. The van der Waals surface area contributed by atoms with Crippen molar-refractivity contribution >= 4 is 11.0 Å². The fourth-order valence-electron chi connectivity index (χ4n) is 5.11. The summed E-state index contributed by atoms with van der Waals surface area (Å²) < 4.78 is 44.9. The summed E-state index contributed by atoms with van der Waals surface area (Å²) in [5.41, 5.74) is 0.0767. The summed E-state index contributed by atoms with van der Waals surface area (Å²) in [5.74, 6) is 0.593. The molecule has 0 saturated carbocycles. The number of hydrogen-bond donors (Lipinski definition) is 6. The minimum absolute atomic E-state index is 0.0418. The molecule has 2 aromatic carbocycles. The van der Waals surface area contributed by atoms with Crippen molar-refractivity contribution in [2.24, 2.45) is 0 Å². The third-order valence-corrected chi connectivity index (χ3v) is 7.57. The molecular weight excluding hydrogens is 588 g/mol. The molecule has 3 aromatic rings. The van der Waals surface area contributed by atoms with E-state index in [1.54, 1.807) is 24.3 Å². The first kappa shape index (κ1) is 31.9. The molecule has 2 fully saturated rings. The molecule has 2 saturated heterocycles. The Morgan fingerprint density at radius 3 is 2.23 bits per heavy atom. The number of aliphatic hydroxyl groups excluding tert-OH is 6. The first-order chi connectivity index (χ1) is 21.1. The Bertz CT molecular complexity index is 1490. The minimum atomic E-state index is -1.77. The Kier molecular flexibility index (Phi) is 9.59. The number of rotatable bonds is 9. The van der Waals surface area contributed by atoms with Crippen molar-refractivity contribution in [3.8, 4) is 34.1 Å². The van der Waals surface area contributed by atoms with Crippen molar-refractivity contribution in [1.82, 2.24) is 0 Å². The van der Waals surface area contributed by atoms with Crippen LogP contribution in [-0.4, -0.2) is 120 Å². The topological polar surface area (TPSA) is 216 Å². The zero-order valence-corrected chi connectivity index (χ0v) is 23.9. The maximum Gasteiger partial charge on any atom is 0.229 e. The predicted octanol–water partition coefficient (Wildman–Crippen LogP) is -0.872. The summed E-state index contributed by atoms with van der Waals surface area (Å²) >= 11 is 0. The second kappa shape index (κ2) is 13.2. The summed E-state index contributed by atoms with van der Waals surface area (Å²) in [5, 5.41) is 61.6. The minimum Gasteiger partial charge on any atom is -0.497 e. The van der Waals surface area contributed by atoms with Gasteiger partial charge >= 0.3 is 0 Å². The Morgan fingerprint density at radius 2 is 1.59 bits per heavy atom. The third-order valence-electron chi connectivity index (χ3n) is 7.57. The highest BCUT2D eigenvalue weighted by atomic mass is 16.8. The van der Waals surface area contributed by atoms with Gasteiger partial charge < -0.3 is 68.2 Å². The van der Waals surface area contributed by atoms with Gasteiger partial charge in [-0.3, -0.25) is 4.79 Å². The quantitative estimate of drug-likeness (QED) is 0.171. The number of ether oxygens (including phenoxy) is 7. The smallest absolute Gasteiger partial charge is 0.229 e. The second-order valence-corrected chi connectivity index (χ2v) is 10.2. The maximum atomic E-state index is 14.0. The monoisotopic (exact) mass is 622 g/mol. The van der Waals surface area contributed by atoms with Gasteiger partial charge in [0.05, 0.1) is 40.1 Å². The zero-order chi connectivity index (χ0) is 31.7. The molecule has 3 heterocycles. The fraction of sp³-hybridized carbons (Fsp3) is 0.483. The second-order valence-electron chi connectivity index (χ2n) is 10.2. The summed E-state index contributed by atoms with van der Waals surface area (Å²) in [6.45, 7) is -1.13. The van der Waals surface area contributed by atoms with Gasteiger partial charge in [0, 0.05) is 6.07 Å². The van der Waals surface area contributed by atoms with Gasteiger partial charge in [-0.15, -0.1) is 0 Å². The van der Waals surface area contributed by atoms with Crippen LogP contribution in [0.5, 0.6) is 23.0 Å². The standard InChI is InChI=1S/C29H34O15/c1-37-13-6-4-12(5-7-13)14-10-40-26-19(20(14)32)16(8-17(38-2)25(26)39-3)42-29-27(23(35)22(34)18(9-30)43-29)44-28-24(36)21(33)15(31)11-41-28/h4-8,10,15,18,21-24,27-31,33-36H,9,11H2,1-3H3. The van der Waals surface area contributed by atoms with Crippen LogP contribution in [-0.2, 0) is 14.2 Å². The van der Waals surface area contributed by atoms with Crippen LogP contribution in [0.2, 0.25) is 0 Å². The molecule has 240 valence electrons. The van der Waals surface area contributed by atoms with Crippen LogP contribution in [0.25, 0.3) is 22.1 Å². The molecular formula is C29H34O15. The Hall–Kier alpha value is -3.51. The molecule has 9 unspecified atom stereocenters. The van der Waals surface area contributed by atoms with Gasteiger partial charge in [-0.1, -0.05) is 12.1 Å². The van der Waals surface area contributed by atoms with E-state index in [0.29, 0.717) is 11.3 Å². The molecule has 0 radical (unpaired) electrons. The normalized spacial score (nSPS) is 30.6. The lowest BCUT2D eigenvalue weighted by Crippen LogP contribution is -2.63. The van der Waals surface area contributed by atoms with Crippen LogP contribution in [0.3, 0.4) is 0 Å². The number of benzene rings is 2. The average Bonchev–Trinajstić information content (AvgIpc) is 3.04. The lowest BCUT2D eigenvalue weighted by Gasteiger charge is -2.44. The molecule has 0 amide bonds. The van der Waals surface area contributed by atoms with Crippen LogP contribution < -0.4 is 24.4 Å². The van der Waals surface area contributed by atoms with Gasteiger partial charge in [0.2, 0.25) is 17.5 Å². The van der Waals surface area contributed by atoms with Crippen LogP contribution in [0, 0.1) is 0 Å². The molecule has 0 bridgehead atoms. The van der Waals surface area contributed by atoms with E-state index in [2.05, 4.69) is 0 Å². The molecule has 2 aliphatic heterocycles. The Labute approximate surface area is 250 Å². The van der Waals surface area contributed by atoms with E-state index < -0.39 is 74.0 Å². The summed E-state index contributed by atoms with van der Waals surface area (Å²) in [6, 6.07) is 7.99. The number of fused-ring (bicyclic) bond motifs is 1. The summed E-state index contributed by atoms with van der Waals surface area (Å²) in [7, 11) is 4.22. The van der Waals surface area contributed by atoms with E-state index in [4.69, 9.17) is 37.6 Å². The lowest BCUT2D eigenvalue weighted by atomic mass is 9.98. The molecule has 1 aromatic heterocycles. The molecule has 15 heteroatoms. The van der Waals surface area contributed by atoms with Gasteiger partial charge in [-0.25, -0.2) is 0 Å². The van der Waals surface area contributed by atoms with E-state index in [0.717, 1.165) is 0 Å². The number of hydrogen-bond acceptors (Lipinski definition) is 15. The highest BCUT2D eigenvalue weighted by Crippen LogP contribution is 2.42. The first-order valence-corrected chi connectivity index (χ1v) is 13.6. The zero-order valence-electron chi connectivity index (χ0n) is 23.9. The Morgan fingerprint density at radius 1 is 0.864 bits per heavy atom. The van der Waals surface area contributed by atoms with Gasteiger partial charge in [-0.05, 0) is 17.7 Å². The lowest BCUT2D eigenvalue weighted by molar-refractivity contribution is -0.344. The average molecular weight is 623 g/mol. The van der Waals surface area contributed by atoms with E-state index in [-0.39, 0.29) is 33.8 Å². The van der Waals surface area contributed by atoms with E-state index >= 15 is 0 Å². The van der Waals surface area contributed by atoms with Gasteiger partial charge in [0.15, 0.2) is 23.7 Å². The molecule has 0 spiro atoms. The van der Waals surface area contributed by atoms with Crippen LogP contribution in [0.1, 0.15) is 0 Å². The molecule has 0 aliphatic carbocycles. The first-order valence-electron chi connectivity index (χ1n) is 13.6. The molecule has 5 rings (SSSR count). The molecule has 2 aliphatic rings. The Balaban J connectivity index is 1.60. The predicted molar refractivity (Wildman–Crippen MR) is 149 cm³/mol. The molecule has 44 heavy (non-hydrogen) atoms. The van der Waals surface area contributed by atoms with Gasteiger partial charge in [0.25, 0.3) is 0 Å². The molecule has 15 nitrogen and oxygen atoms in total. The van der Waals surface area contributed by atoms with Crippen molar-refractivity contribution in [2.75, 3.05) is 34.5 Å². The van der Waals surface area contributed by atoms with Crippen molar-refractivity contribution in [3.05, 3.63) is 46.8 Å². The van der Waals surface area contributed by atoms with Crippen molar-refractivity contribution < 1.29 is 68.2 Å². The largest absolute Gasteiger partial charge is 0.497 e. The number of aliphatic hydroxyl groups is 6. The van der Waals surface area contributed by atoms with E-state index in [9.17, 15) is 35.4 Å². The fourth-order valence-corrected chi connectivity index (χ4v) is 5.11. The van der Waals surface area contributed by atoms with Crippen molar-refractivity contribution in [2.45, 2.75) is 55.3 Å². The van der Waals surface area contributed by atoms with Gasteiger partial charge in [0.1, 0.15) is 59.8 Å². The summed E-state index contributed by atoms with van der Waals surface area (Å²) in [4.78, 5) is 14.0. The van der Waals surface area contributed by atoms with Crippen LogP contribution >= 0.6 is 0 Å². The highest BCUT2D eigenvalue weighted by molar-refractivity contribution is 5.93. The van der Waals surface area contributed by atoms with E-state index in [1.807, 2.05) is 0 Å².